The van der Waals surface area contributed by atoms with Crippen molar-refractivity contribution < 1.29 is 14.3 Å². The Morgan fingerprint density at radius 3 is 2.58 bits per heavy atom. The van der Waals surface area contributed by atoms with E-state index in [1.165, 1.54) is 7.11 Å². The number of methoxy groups -OCH3 is 1. The monoisotopic (exact) mass is 412 g/mol. The summed E-state index contributed by atoms with van der Waals surface area (Å²) in [6, 6.07) is 19.3. The molecule has 7 heteroatoms. The van der Waals surface area contributed by atoms with Gasteiger partial charge < -0.3 is 15.0 Å². The lowest BCUT2D eigenvalue weighted by atomic mass is 10.1. The normalized spacial score (nSPS) is 14.2. The van der Waals surface area contributed by atoms with Crippen molar-refractivity contribution in [1.29, 1.82) is 0 Å². The average Bonchev–Trinajstić information content (AvgIpc) is 3.47. The van der Waals surface area contributed by atoms with Crippen LogP contribution in [0.15, 0.2) is 66.9 Å². The average molecular weight is 412 g/mol. The van der Waals surface area contributed by atoms with Gasteiger partial charge >= 0.3 is 5.97 Å². The molecule has 0 radical (unpaired) electrons. The number of hydrogen-bond acceptors (Lipinski definition) is 5. The number of nitrogens with zero attached hydrogens (tertiary/aromatic N) is 2. The number of H-pyrrole nitrogens is 1. The molecule has 2 N–H and O–H groups in total. The maximum atomic E-state index is 12.7. The molecular formula is C24H20N4O3. The molecule has 154 valence electrons. The molecule has 1 aliphatic carbocycles. The Bertz CT molecular complexity index is 1290. The van der Waals surface area contributed by atoms with E-state index in [0.717, 1.165) is 27.9 Å². The van der Waals surface area contributed by atoms with Gasteiger partial charge in [0.05, 0.1) is 12.8 Å². The van der Waals surface area contributed by atoms with Crippen LogP contribution in [-0.2, 0) is 9.53 Å². The van der Waals surface area contributed by atoms with Gasteiger partial charge in [-0.1, -0.05) is 36.4 Å². The topological polar surface area (TPSA) is 97.0 Å². The third-order valence-electron chi connectivity index (χ3n) is 5.51. The van der Waals surface area contributed by atoms with E-state index in [9.17, 15) is 9.59 Å². The number of rotatable bonds is 5. The number of hydrogen-bond donors (Lipinski definition) is 2. The van der Waals surface area contributed by atoms with Crippen LogP contribution in [0.4, 0.5) is 0 Å². The first-order valence-corrected chi connectivity index (χ1v) is 10.0. The van der Waals surface area contributed by atoms with Gasteiger partial charge in [0.15, 0.2) is 0 Å². The Hall–Kier alpha value is -4.00. The highest BCUT2D eigenvalue weighted by Crippen LogP contribution is 2.36. The summed E-state index contributed by atoms with van der Waals surface area (Å²) in [5.41, 5.74) is 3.61. The predicted molar refractivity (Wildman–Crippen MR) is 116 cm³/mol. The highest BCUT2D eigenvalue weighted by molar-refractivity contribution is 5.98. The number of aromatic nitrogens is 3. The molecular weight excluding hydrogens is 392 g/mol. The molecule has 0 bridgehead atoms. The minimum atomic E-state index is -0.914. The lowest BCUT2D eigenvalue weighted by Crippen LogP contribution is -2.44. The molecule has 1 saturated carbocycles. The van der Waals surface area contributed by atoms with E-state index in [1.807, 2.05) is 48.5 Å². The number of carbonyl (C=O) groups is 2. The van der Waals surface area contributed by atoms with E-state index >= 15 is 0 Å². The minimum absolute atomic E-state index is 0.242. The van der Waals surface area contributed by atoms with Crippen LogP contribution < -0.4 is 5.32 Å². The Labute approximate surface area is 178 Å². The fourth-order valence-corrected chi connectivity index (χ4v) is 3.63. The number of benzene rings is 1. The maximum absolute atomic E-state index is 12.7. The molecule has 0 saturated heterocycles. The van der Waals surface area contributed by atoms with Crippen LogP contribution in [0, 0.1) is 0 Å². The second-order valence-corrected chi connectivity index (χ2v) is 7.65. The smallest absolute Gasteiger partial charge is 0.331 e. The van der Waals surface area contributed by atoms with Crippen LogP contribution in [0.1, 0.15) is 23.3 Å². The maximum Gasteiger partial charge on any atom is 0.331 e. The number of ether oxygens (including phenoxy) is 1. The largest absolute Gasteiger partial charge is 0.467 e. The second-order valence-electron chi connectivity index (χ2n) is 7.65. The summed E-state index contributed by atoms with van der Waals surface area (Å²) in [5.74, 6) is -0.819. The number of fused-ring (bicyclic) bond motifs is 1. The van der Waals surface area contributed by atoms with Crippen molar-refractivity contribution in [3.8, 4) is 22.5 Å². The molecule has 1 amide bonds. The van der Waals surface area contributed by atoms with E-state index in [-0.39, 0.29) is 5.69 Å². The SMILES string of the molecule is COC(=O)C1(NC(=O)c2cccc(-c3cnc4[nH]c(-c5ccccc5)cc4c3)n2)CC1. The zero-order valence-corrected chi connectivity index (χ0v) is 16.9. The lowest BCUT2D eigenvalue weighted by Gasteiger charge is -2.14. The van der Waals surface area contributed by atoms with E-state index < -0.39 is 17.4 Å². The van der Waals surface area contributed by atoms with Crippen LogP contribution in [0.3, 0.4) is 0 Å². The van der Waals surface area contributed by atoms with Crippen LogP contribution in [0.5, 0.6) is 0 Å². The molecule has 3 heterocycles. The summed E-state index contributed by atoms with van der Waals surface area (Å²) in [6.07, 6.45) is 2.88. The molecule has 0 aliphatic heterocycles. The van der Waals surface area contributed by atoms with E-state index in [0.29, 0.717) is 18.5 Å². The lowest BCUT2D eigenvalue weighted by molar-refractivity contribution is -0.144. The van der Waals surface area contributed by atoms with Gasteiger partial charge in [-0.15, -0.1) is 0 Å². The van der Waals surface area contributed by atoms with Crippen molar-refractivity contribution in [3.05, 3.63) is 72.6 Å². The standard InChI is InChI=1S/C24H20N4O3/c1-31-23(30)24(10-11-24)28-22(29)19-9-5-8-18(26-19)17-12-16-13-20(27-21(16)25-14-17)15-6-3-2-4-7-15/h2-9,12-14H,10-11H2,1H3,(H,25,27)(H,28,29). The molecule has 0 unspecified atom stereocenters. The van der Waals surface area contributed by atoms with Crippen molar-refractivity contribution in [3.63, 3.8) is 0 Å². The molecule has 1 fully saturated rings. The van der Waals surface area contributed by atoms with E-state index in [1.54, 1.807) is 18.3 Å². The molecule has 7 nitrogen and oxygen atoms in total. The van der Waals surface area contributed by atoms with Crippen molar-refractivity contribution in [2.45, 2.75) is 18.4 Å². The fourth-order valence-electron chi connectivity index (χ4n) is 3.63. The molecule has 4 aromatic rings. The first-order chi connectivity index (χ1) is 15.1. The van der Waals surface area contributed by atoms with Gasteiger partial charge in [0, 0.05) is 22.8 Å². The van der Waals surface area contributed by atoms with E-state index in [2.05, 4.69) is 20.3 Å². The van der Waals surface area contributed by atoms with Crippen LogP contribution in [-0.4, -0.2) is 39.5 Å². The van der Waals surface area contributed by atoms with Crippen molar-refractivity contribution >= 4 is 22.9 Å². The fraction of sp³-hybridized carbons (Fsp3) is 0.167. The van der Waals surface area contributed by atoms with Gasteiger partial charge in [-0.2, -0.15) is 0 Å². The van der Waals surface area contributed by atoms with Gasteiger partial charge in [-0.3, -0.25) is 4.79 Å². The van der Waals surface area contributed by atoms with Crippen LogP contribution in [0.2, 0.25) is 0 Å². The van der Waals surface area contributed by atoms with Gasteiger partial charge in [0.25, 0.3) is 5.91 Å². The Kier molecular flexibility index (Phi) is 4.51. The first-order valence-electron chi connectivity index (χ1n) is 10.0. The number of pyridine rings is 2. The number of nitrogens with one attached hydrogen (secondary N) is 2. The summed E-state index contributed by atoms with van der Waals surface area (Å²) < 4.78 is 4.80. The summed E-state index contributed by atoms with van der Waals surface area (Å²) >= 11 is 0. The zero-order chi connectivity index (χ0) is 21.4. The van der Waals surface area contributed by atoms with Gasteiger partial charge in [-0.05, 0) is 42.7 Å². The third kappa shape index (κ3) is 3.54. The summed E-state index contributed by atoms with van der Waals surface area (Å²) in [6.45, 7) is 0. The number of carbonyl (C=O) groups excluding carboxylic acids is 2. The Morgan fingerprint density at radius 1 is 1.03 bits per heavy atom. The first kappa shape index (κ1) is 19.0. The van der Waals surface area contributed by atoms with Crippen molar-refractivity contribution in [2.75, 3.05) is 7.11 Å². The number of aromatic amines is 1. The zero-order valence-electron chi connectivity index (χ0n) is 16.9. The third-order valence-corrected chi connectivity index (χ3v) is 5.51. The van der Waals surface area contributed by atoms with Crippen LogP contribution >= 0.6 is 0 Å². The summed E-state index contributed by atoms with van der Waals surface area (Å²) in [4.78, 5) is 36.9. The molecule has 0 spiro atoms. The minimum Gasteiger partial charge on any atom is -0.467 e. The number of esters is 1. The van der Waals surface area contributed by atoms with Crippen molar-refractivity contribution in [2.24, 2.45) is 0 Å². The molecule has 3 aromatic heterocycles. The van der Waals surface area contributed by atoms with Crippen molar-refractivity contribution in [1.82, 2.24) is 20.3 Å². The van der Waals surface area contributed by atoms with Gasteiger partial charge in [0.1, 0.15) is 16.9 Å². The number of amides is 1. The van der Waals surface area contributed by atoms with Crippen LogP contribution in [0.25, 0.3) is 33.5 Å². The van der Waals surface area contributed by atoms with E-state index in [4.69, 9.17) is 4.74 Å². The molecule has 1 aromatic carbocycles. The Morgan fingerprint density at radius 2 is 1.84 bits per heavy atom. The highest BCUT2D eigenvalue weighted by atomic mass is 16.5. The molecule has 31 heavy (non-hydrogen) atoms. The molecule has 0 atom stereocenters. The molecule has 1 aliphatic rings. The summed E-state index contributed by atoms with van der Waals surface area (Å²) in [7, 11) is 1.32. The van der Waals surface area contributed by atoms with Gasteiger partial charge in [0.2, 0.25) is 0 Å². The van der Waals surface area contributed by atoms with Gasteiger partial charge in [-0.25, -0.2) is 14.8 Å². The Balaban J connectivity index is 1.43. The predicted octanol–water partition coefficient (Wildman–Crippen LogP) is 3.73. The quantitative estimate of drug-likeness (QED) is 0.487. The molecule has 5 rings (SSSR count). The highest BCUT2D eigenvalue weighted by Gasteiger charge is 2.52. The second kappa shape index (κ2) is 7.36. The summed E-state index contributed by atoms with van der Waals surface area (Å²) in [5, 5.41) is 3.72.